The predicted molar refractivity (Wildman–Crippen MR) is 124 cm³/mol. The minimum atomic E-state index is 0. The third kappa shape index (κ3) is 7.99. The molecule has 1 atom stereocenters. The Morgan fingerprint density at radius 1 is 1.31 bits per heavy atom. The van der Waals surface area contributed by atoms with Crippen molar-refractivity contribution in [1.82, 2.24) is 30.3 Å². The average Bonchev–Trinajstić information content (AvgIpc) is 3.10. The molecule has 9 nitrogen and oxygen atoms in total. The predicted octanol–water partition coefficient (Wildman–Crippen LogP) is 1.02. The summed E-state index contributed by atoms with van der Waals surface area (Å²) >= 11 is 0. The molecule has 0 bridgehead atoms. The second-order valence-corrected chi connectivity index (χ2v) is 7.36. The third-order valence-electron chi connectivity index (χ3n) is 5.12. The average molecular weight is 521 g/mol. The molecule has 0 aliphatic carbocycles. The molecule has 1 aromatic rings. The van der Waals surface area contributed by atoms with Gasteiger partial charge in [-0.1, -0.05) is 0 Å². The van der Waals surface area contributed by atoms with E-state index in [1.54, 1.807) is 7.11 Å². The fourth-order valence-electron chi connectivity index (χ4n) is 3.64. The standard InChI is InChI=1S/C19H35N7O2.HI/c1-3-20-19(21-8-4-5-9-25-10-12-28-13-11-25)22-16-6-7-18-23-17(15-27-2)24-26(18)14-16;/h16H,3-15H2,1-2H3,(H2,20,21,22);1H. The van der Waals surface area contributed by atoms with Gasteiger partial charge in [-0.2, -0.15) is 5.10 Å². The topological polar surface area (TPSA) is 88.8 Å². The van der Waals surface area contributed by atoms with Crippen LogP contribution in [0.2, 0.25) is 0 Å². The van der Waals surface area contributed by atoms with E-state index in [-0.39, 0.29) is 24.0 Å². The highest BCUT2D eigenvalue weighted by Crippen LogP contribution is 2.13. The number of nitrogens with one attached hydrogen (secondary N) is 2. The van der Waals surface area contributed by atoms with Crippen LogP contribution in [0.15, 0.2) is 4.99 Å². The molecule has 0 saturated carbocycles. The van der Waals surface area contributed by atoms with Crippen LogP contribution in [0.1, 0.15) is 37.8 Å². The van der Waals surface area contributed by atoms with E-state index >= 15 is 0 Å². The van der Waals surface area contributed by atoms with Gasteiger partial charge in [-0.15, -0.1) is 24.0 Å². The van der Waals surface area contributed by atoms with E-state index in [2.05, 4.69) is 32.5 Å². The van der Waals surface area contributed by atoms with Crippen molar-refractivity contribution in [3.05, 3.63) is 11.6 Å². The van der Waals surface area contributed by atoms with Crippen molar-refractivity contribution in [2.75, 3.05) is 53.0 Å². The van der Waals surface area contributed by atoms with E-state index in [1.165, 1.54) is 6.42 Å². The number of hydrogen-bond donors (Lipinski definition) is 2. The normalized spacial score (nSPS) is 20.1. The summed E-state index contributed by atoms with van der Waals surface area (Å²) in [6.45, 7) is 10.1. The minimum absolute atomic E-state index is 0. The quantitative estimate of drug-likeness (QED) is 0.217. The molecule has 2 N–H and O–H groups in total. The molecule has 166 valence electrons. The van der Waals surface area contributed by atoms with E-state index in [0.717, 1.165) is 89.4 Å². The fourth-order valence-corrected chi connectivity index (χ4v) is 3.64. The summed E-state index contributed by atoms with van der Waals surface area (Å²) in [5, 5.41) is 11.5. The van der Waals surface area contributed by atoms with E-state index in [0.29, 0.717) is 12.6 Å². The number of methoxy groups -OCH3 is 1. The maximum Gasteiger partial charge on any atom is 0.191 e. The zero-order chi connectivity index (χ0) is 19.6. The van der Waals surface area contributed by atoms with Crippen LogP contribution < -0.4 is 10.6 Å². The summed E-state index contributed by atoms with van der Waals surface area (Å²) in [7, 11) is 1.67. The van der Waals surface area contributed by atoms with Crippen molar-refractivity contribution < 1.29 is 9.47 Å². The van der Waals surface area contributed by atoms with Crippen molar-refractivity contribution >= 4 is 29.9 Å². The molecule has 0 amide bonds. The molecule has 2 aliphatic rings. The Balaban J connectivity index is 0.00000300. The molecule has 3 heterocycles. The molecular weight excluding hydrogens is 485 g/mol. The van der Waals surface area contributed by atoms with Crippen molar-refractivity contribution in [2.45, 2.75) is 51.8 Å². The van der Waals surface area contributed by atoms with Gasteiger partial charge in [0.1, 0.15) is 12.4 Å². The summed E-state index contributed by atoms with van der Waals surface area (Å²) < 4.78 is 12.5. The molecule has 0 radical (unpaired) electrons. The second-order valence-electron chi connectivity index (χ2n) is 7.36. The molecular formula is C19H36IN7O2. The Bertz CT molecular complexity index is 620. The molecule has 2 aliphatic heterocycles. The molecule has 3 rings (SSSR count). The molecule has 1 aromatic heterocycles. The van der Waals surface area contributed by atoms with Crippen LogP contribution in [-0.4, -0.2) is 84.7 Å². The number of aryl methyl sites for hydroxylation is 1. The number of guanidine groups is 1. The van der Waals surface area contributed by atoms with Crippen molar-refractivity contribution in [2.24, 2.45) is 4.99 Å². The zero-order valence-electron chi connectivity index (χ0n) is 17.7. The minimum Gasteiger partial charge on any atom is -0.379 e. The highest BCUT2D eigenvalue weighted by atomic mass is 127. The Labute approximate surface area is 191 Å². The number of hydrogen-bond acceptors (Lipinski definition) is 6. The number of halogens is 1. The third-order valence-corrected chi connectivity index (χ3v) is 5.12. The van der Waals surface area contributed by atoms with Crippen LogP contribution in [0.4, 0.5) is 0 Å². The van der Waals surface area contributed by atoms with Gasteiger partial charge in [0.2, 0.25) is 0 Å². The summed E-state index contributed by atoms with van der Waals surface area (Å²) in [4.78, 5) is 11.8. The molecule has 10 heteroatoms. The number of rotatable bonds is 9. The van der Waals surface area contributed by atoms with Gasteiger partial charge in [-0.3, -0.25) is 9.89 Å². The van der Waals surface area contributed by atoms with Crippen LogP contribution in [-0.2, 0) is 29.0 Å². The first kappa shape index (κ1) is 24.3. The smallest absolute Gasteiger partial charge is 0.191 e. The summed E-state index contributed by atoms with van der Waals surface area (Å²) in [5.74, 6) is 2.72. The number of nitrogens with zero attached hydrogens (tertiary/aromatic N) is 5. The zero-order valence-corrected chi connectivity index (χ0v) is 20.1. The van der Waals surface area contributed by atoms with Gasteiger partial charge in [-0.05, 0) is 32.7 Å². The first-order valence-electron chi connectivity index (χ1n) is 10.5. The molecule has 1 unspecified atom stereocenters. The van der Waals surface area contributed by atoms with E-state index < -0.39 is 0 Å². The van der Waals surface area contributed by atoms with Gasteiger partial charge >= 0.3 is 0 Å². The lowest BCUT2D eigenvalue weighted by Crippen LogP contribution is -2.47. The molecule has 1 fully saturated rings. The Morgan fingerprint density at radius 2 is 2.14 bits per heavy atom. The summed E-state index contributed by atoms with van der Waals surface area (Å²) in [6, 6.07) is 0.316. The van der Waals surface area contributed by atoms with Crippen molar-refractivity contribution in [3.63, 3.8) is 0 Å². The maximum atomic E-state index is 5.40. The van der Waals surface area contributed by atoms with E-state index in [1.807, 2.05) is 4.68 Å². The number of aromatic nitrogens is 3. The lowest BCUT2D eigenvalue weighted by molar-refractivity contribution is 0.0373. The van der Waals surface area contributed by atoms with Gasteiger partial charge in [0.05, 0.1) is 19.8 Å². The Morgan fingerprint density at radius 3 is 2.90 bits per heavy atom. The lowest BCUT2D eigenvalue weighted by atomic mass is 10.1. The highest BCUT2D eigenvalue weighted by molar-refractivity contribution is 14.0. The number of morpholine rings is 1. The van der Waals surface area contributed by atoms with Crippen LogP contribution in [0, 0.1) is 0 Å². The molecule has 0 aromatic carbocycles. The highest BCUT2D eigenvalue weighted by Gasteiger charge is 2.22. The van der Waals surface area contributed by atoms with E-state index in [9.17, 15) is 0 Å². The Hall–Kier alpha value is -0.980. The second kappa shape index (κ2) is 13.3. The van der Waals surface area contributed by atoms with Crippen LogP contribution in [0.3, 0.4) is 0 Å². The maximum absolute atomic E-state index is 5.40. The summed E-state index contributed by atoms with van der Waals surface area (Å²) in [6.07, 6.45) is 4.24. The van der Waals surface area contributed by atoms with Gasteiger partial charge < -0.3 is 20.1 Å². The fraction of sp³-hybridized carbons (Fsp3) is 0.842. The number of fused-ring (bicyclic) bond motifs is 1. The Kier molecular flexibility index (Phi) is 11.2. The number of ether oxygens (including phenoxy) is 2. The number of aliphatic imine (C=N–C) groups is 1. The monoisotopic (exact) mass is 521 g/mol. The molecule has 1 saturated heterocycles. The van der Waals surface area contributed by atoms with Crippen LogP contribution >= 0.6 is 24.0 Å². The van der Waals surface area contributed by atoms with Crippen molar-refractivity contribution in [3.8, 4) is 0 Å². The van der Waals surface area contributed by atoms with Crippen molar-refractivity contribution in [1.29, 1.82) is 0 Å². The van der Waals surface area contributed by atoms with E-state index in [4.69, 9.17) is 14.5 Å². The van der Waals surface area contributed by atoms with Crippen LogP contribution in [0.5, 0.6) is 0 Å². The largest absolute Gasteiger partial charge is 0.379 e. The lowest BCUT2D eigenvalue weighted by Gasteiger charge is -2.26. The van der Waals surface area contributed by atoms with Crippen LogP contribution in [0.25, 0.3) is 0 Å². The summed E-state index contributed by atoms with van der Waals surface area (Å²) in [5.41, 5.74) is 0. The SMILES string of the molecule is CCNC(=NCCCCN1CCOCC1)NC1CCc2nc(COC)nn2C1.I. The van der Waals surface area contributed by atoms with Gasteiger partial charge in [0.25, 0.3) is 0 Å². The van der Waals surface area contributed by atoms with Gasteiger partial charge in [0.15, 0.2) is 11.8 Å². The first-order chi connectivity index (χ1) is 13.8. The molecule has 0 spiro atoms. The van der Waals surface area contributed by atoms with Gasteiger partial charge in [0, 0.05) is 45.8 Å². The van der Waals surface area contributed by atoms with Gasteiger partial charge in [-0.25, -0.2) is 9.67 Å². The molecule has 29 heavy (non-hydrogen) atoms. The first-order valence-corrected chi connectivity index (χ1v) is 10.5. The number of unbranched alkanes of at least 4 members (excludes halogenated alkanes) is 1.